The van der Waals surface area contributed by atoms with Crippen LogP contribution in [0.4, 0.5) is 0 Å². The number of carbonyl (C=O) groups is 1. The van der Waals surface area contributed by atoms with Gasteiger partial charge in [0, 0.05) is 26.1 Å². The Bertz CT molecular complexity index is 460. The van der Waals surface area contributed by atoms with Crippen LogP contribution in [-0.4, -0.2) is 43.5 Å². The van der Waals surface area contributed by atoms with Crippen LogP contribution in [0.2, 0.25) is 0 Å². The van der Waals surface area contributed by atoms with Gasteiger partial charge in [0.1, 0.15) is 0 Å². The van der Waals surface area contributed by atoms with Crippen LogP contribution in [0.3, 0.4) is 0 Å². The third-order valence-electron chi connectivity index (χ3n) is 5.06. The molecule has 19 heavy (non-hydrogen) atoms. The topological polar surface area (TPSA) is 66.5 Å². The van der Waals surface area contributed by atoms with Gasteiger partial charge in [-0.2, -0.15) is 0 Å². The molecule has 0 bridgehead atoms. The fourth-order valence-corrected chi connectivity index (χ4v) is 5.76. The quantitative estimate of drug-likeness (QED) is 0.819. The summed E-state index contributed by atoms with van der Waals surface area (Å²) in [4.78, 5) is 11.4. The number of hydrogen-bond donors (Lipinski definition) is 1. The molecule has 0 atom stereocenters. The molecule has 0 radical (unpaired) electrons. The van der Waals surface area contributed by atoms with Gasteiger partial charge in [-0.3, -0.25) is 4.79 Å². The standard InChI is InChI=1S/C13H22N2O3S/c16-12-9-13(10-14-12)5-7-15(8-6-13)19(17,18)11-3-1-2-4-11/h11H,1-10H2,(H,14,16). The highest BCUT2D eigenvalue weighted by atomic mass is 32.2. The SMILES string of the molecule is O=C1CC2(CCN(S(=O)(=O)C3CCCC3)CC2)CN1. The van der Waals surface area contributed by atoms with Gasteiger partial charge in [0.15, 0.2) is 0 Å². The monoisotopic (exact) mass is 286 g/mol. The summed E-state index contributed by atoms with van der Waals surface area (Å²) in [5, 5.41) is 2.73. The fraction of sp³-hybridized carbons (Fsp3) is 0.923. The van der Waals surface area contributed by atoms with Crippen LogP contribution in [0.1, 0.15) is 44.9 Å². The third kappa shape index (κ3) is 2.40. The lowest BCUT2D eigenvalue weighted by molar-refractivity contribution is -0.119. The third-order valence-corrected chi connectivity index (χ3v) is 7.46. The maximum atomic E-state index is 12.5. The van der Waals surface area contributed by atoms with Crippen LogP contribution in [0.15, 0.2) is 0 Å². The maximum Gasteiger partial charge on any atom is 0.220 e. The summed E-state index contributed by atoms with van der Waals surface area (Å²) in [6.07, 6.45) is 5.94. The van der Waals surface area contributed by atoms with Crippen molar-refractivity contribution in [2.45, 2.75) is 50.2 Å². The Morgan fingerprint density at radius 2 is 1.79 bits per heavy atom. The molecular formula is C13H22N2O3S. The van der Waals surface area contributed by atoms with E-state index in [1.807, 2.05) is 0 Å². The molecule has 0 aromatic heterocycles. The van der Waals surface area contributed by atoms with Gasteiger partial charge in [0.05, 0.1) is 5.25 Å². The number of piperidine rings is 1. The molecule has 3 aliphatic rings. The molecule has 1 aliphatic carbocycles. The average molecular weight is 286 g/mol. The first-order valence-electron chi connectivity index (χ1n) is 7.28. The van der Waals surface area contributed by atoms with Gasteiger partial charge in [-0.25, -0.2) is 12.7 Å². The van der Waals surface area contributed by atoms with E-state index in [9.17, 15) is 13.2 Å². The molecule has 1 N–H and O–H groups in total. The van der Waals surface area contributed by atoms with Crippen molar-refractivity contribution in [3.8, 4) is 0 Å². The van der Waals surface area contributed by atoms with Gasteiger partial charge < -0.3 is 5.32 Å². The van der Waals surface area contributed by atoms with Gasteiger partial charge in [0.2, 0.25) is 15.9 Å². The maximum absolute atomic E-state index is 12.5. The number of nitrogens with zero attached hydrogens (tertiary/aromatic N) is 1. The molecule has 2 heterocycles. The minimum atomic E-state index is -3.09. The van der Waals surface area contributed by atoms with Crippen molar-refractivity contribution in [2.24, 2.45) is 5.41 Å². The molecule has 6 heteroatoms. The van der Waals surface area contributed by atoms with Crippen LogP contribution in [-0.2, 0) is 14.8 Å². The molecule has 1 amide bonds. The second kappa shape index (κ2) is 4.74. The molecular weight excluding hydrogens is 264 g/mol. The first-order valence-corrected chi connectivity index (χ1v) is 8.78. The van der Waals surface area contributed by atoms with E-state index in [4.69, 9.17) is 0 Å². The van der Waals surface area contributed by atoms with Crippen molar-refractivity contribution in [3.05, 3.63) is 0 Å². The second-order valence-electron chi connectivity index (χ2n) is 6.30. The van der Waals surface area contributed by atoms with Crippen LogP contribution < -0.4 is 5.32 Å². The fourth-order valence-electron chi connectivity index (χ4n) is 3.72. The molecule has 3 rings (SSSR count). The zero-order valence-electron chi connectivity index (χ0n) is 11.2. The molecule has 2 saturated heterocycles. The Morgan fingerprint density at radius 1 is 1.16 bits per heavy atom. The molecule has 0 aromatic rings. The molecule has 0 aromatic carbocycles. The molecule has 1 spiro atoms. The molecule has 0 unspecified atom stereocenters. The summed E-state index contributed by atoms with van der Waals surface area (Å²) in [6, 6.07) is 0. The van der Waals surface area contributed by atoms with Crippen LogP contribution in [0, 0.1) is 5.41 Å². The highest BCUT2D eigenvalue weighted by Crippen LogP contribution is 2.39. The zero-order valence-corrected chi connectivity index (χ0v) is 12.0. The number of hydrogen-bond acceptors (Lipinski definition) is 3. The average Bonchev–Trinajstić information content (AvgIpc) is 3.01. The van der Waals surface area contributed by atoms with E-state index < -0.39 is 10.0 Å². The largest absolute Gasteiger partial charge is 0.356 e. The summed E-state index contributed by atoms with van der Waals surface area (Å²) < 4.78 is 26.7. The van der Waals surface area contributed by atoms with Crippen molar-refractivity contribution in [3.63, 3.8) is 0 Å². The van der Waals surface area contributed by atoms with Crippen molar-refractivity contribution in [2.75, 3.05) is 19.6 Å². The first kappa shape index (κ1) is 13.4. The van der Waals surface area contributed by atoms with Gasteiger partial charge in [0.25, 0.3) is 0 Å². The molecule has 5 nitrogen and oxygen atoms in total. The van der Waals surface area contributed by atoms with E-state index in [0.717, 1.165) is 45.1 Å². The minimum Gasteiger partial charge on any atom is -0.356 e. The Morgan fingerprint density at radius 3 is 2.32 bits per heavy atom. The van der Waals surface area contributed by atoms with Crippen molar-refractivity contribution < 1.29 is 13.2 Å². The number of amides is 1. The Labute approximate surface area is 114 Å². The van der Waals surface area contributed by atoms with Gasteiger partial charge in [-0.05, 0) is 31.1 Å². The molecule has 3 fully saturated rings. The lowest BCUT2D eigenvalue weighted by Gasteiger charge is -2.38. The summed E-state index contributed by atoms with van der Waals surface area (Å²) in [5.74, 6) is 0.118. The van der Waals surface area contributed by atoms with Crippen LogP contribution in [0.5, 0.6) is 0 Å². The van der Waals surface area contributed by atoms with Crippen molar-refractivity contribution in [1.82, 2.24) is 9.62 Å². The Kier molecular flexibility index (Phi) is 3.33. The Balaban J connectivity index is 1.65. The van der Waals surface area contributed by atoms with E-state index in [1.54, 1.807) is 4.31 Å². The van der Waals surface area contributed by atoms with E-state index in [0.29, 0.717) is 19.5 Å². The number of rotatable bonds is 2. The van der Waals surface area contributed by atoms with E-state index in [2.05, 4.69) is 5.32 Å². The summed E-state index contributed by atoms with van der Waals surface area (Å²) in [6.45, 7) is 1.91. The van der Waals surface area contributed by atoms with Crippen LogP contribution >= 0.6 is 0 Å². The number of carbonyl (C=O) groups excluding carboxylic acids is 1. The predicted molar refractivity (Wildman–Crippen MR) is 72.0 cm³/mol. The first-order chi connectivity index (χ1) is 9.02. The lowest BCUT2D eigenvalue weighted by Crippen LogP contribution is -2.46. The normalized spacial score (nSPS) is 28.9. The molecule has 108 valence electrons. The number of sulfonamides is 1. The molecule has 1 saturated carbocycles. The summed E-state index contributed by atoms with van der Waals surface area (Å²) in [5.41, 5.74) is 0.0266. The minimum absolute atomic E-state index is 0.0266. The zero-order chi connectivity index (χ0) is 13.5. The second-order valence-corrected chi connectivity index (χ2v) is 8.52. The van der Waals surface area contributed by atoms with Crippen molar-refractivity contribution >= 4 is 15.9 Å². The molecule has 2 aliphatic heterocycles. The lowest BCUT2D eigenvalue weighted by atomic mass is 9.78. The summed E-state index contributed by atoms with van der Waals surface area (Å²) >= 11 is 0. The van der Waals surface area contributed by atoms with Gasteiger partial charge in [-0.15, -0.1) is 0 Å². The summed E-state index contributed by atoms with van der Waals surface area (Å²) in [7, 11) is -3.09. The van der Waals surface area contributed by atoms with E-state index >= 15 is 0 Å². The van der Waals surface area contributed by atoms with Gasteiger partial charge in [-0.1, -0.05) is 12.8 Å². The Hall–Kier alpha value is -0.620. The number of nitrogens with one attached hydrogen (secondary N) is 1. The van der Waals surface area contributed by atoms with Crippen molar-refractivity contribution in [1.29, 1.82) is 0 Å². The van der Waals surface area contributed by atoms with E-state index in [-0.39, 0.29) is 16.6 Å². The highest BCUT2D eigenvalue weighted by molar-refractivity contribution is 7.89. The predicted octanol–water partition coefficient (Wildman–Crippen LogP) is 0.861. The highest BCUT2D eigenvalue weighted by Gasteiger charge is 2.44. The smallest absolute Gasteiger partial charge is 0.220 e. The van der Waals surface area contributed by atoms with E-state index in [1.165, 1.54) is 0 Å². The van der Waals surface area contributed by atoms with Crippen LogP contribution in [0.25, 0.3) is 0 Å². The van der Waals surface area contributed by atoms with Gasteiger partial charge >= 0.3 is 0 Å².